The molecule has 0 aliphatic heterocycles. The van der Waals surface area contributed by atoms with Gasteiger partial charge in [0.2, 0.25) is 0 Å². The molecule has 0 bridgehead atoms. The number of aliphatic hydroxyl groups excluding tert-OH is 1. The third kappa shape index (κ3) is 3.12. The summed E-state index contributed by atoms with van der Waals surface area (Å²) in [6.07, 6.45) is -4.08. The lowest BCUT2D eigenvalue weighted by Crippen LogP contribution is -2.41. The summed E-state index contributed by atoms with van der Waals surface area (Å²) in [6.45, 7) is 6.25. The van der Waals surface area contributed by atoms with Gasteiger partial charge < -0.3 is 10.1 Å². The van der Waals surface area contributed by atoms with E-state index in [0.29, 0.717) is 17.3 Å². The standard InChI is InChI=1S/C14H17ClF3NOSi/c1-21(2,3)13-8(4-5-20)9-6-11(15)10(14(16,17)18)7-12(9)19-13/h6-7,19-20H,4-5H2,1-3H3. The first-order valence-corrected chi connectivity index (χ1v) is 10.5. The summed E-state index contributed by atoms with van der Waals surface area (Å²) < 4.78 is 38.8. The van der Waals surface area contributed by atoms with Crippen molar-refractivity contribution in [3.8, 4) is 0 Å². The zero-order chi connectivity index (χ0) is 16.0. The first-order chi connectivity index (χ1) is 9.55. The van der Waals surface area contributed by atoms with Crippen LogP contribution in [0.3, 0.4) is 0 Å². The van der Waals surface area contributed by atoms with E-state index in [1.54, 1.807) is 0 Å². The quantitative estimate of drug-likeness (QED) is 0.819. The lowest BCUT2D eigenvalue weighted by Gasteiger charge is -2.16. The second kappa shape index (κ2) is 5.33. The number of hydrogen-bond donors (Lipinski definition) is 2. The van der Waals surface area contributed by atoms with Crippen LogP contribution in [0.4, 0.5) is 13.2 Å². The minimum atomic E-state index is -4.48. The first kappa shape index (κ1) is 16.4. The number of fused-ring (bicyclic) bond motifs is 1. The van der Waals surface area contributed by atoms with E-state index in [0.717, 1.165) is 16.9 Å². The minimum Gasteiger partial charge on any atom is -0.396 e. The number of H-pyrrole nitrogens is 1. The number of nitrogens with one attached hydrogen (secondary N) is 1. The van der Waals surface area contributed by atoms with Gasteiger partial charge in [0, 0.05) is 22.8 Å². The molecular weight excluding hydrogens is 319 g/mol. The maximum absolute atomic E-state index is 12.9. The Hall–Kier alpha value is -0.983. The summed E-state index contributed by atoms with van der Waals surface area (Å²) >= 11 is 5.80. The molecule has 1 heterocycles. The molecule has 0 spiro atoms. The van der Waals surface area contributed by atoms with Gasteiger partial charge in [-0.2, -0.15) is 13.2 Å². The molecule has 7 heteroatoms. The van der Waals surface area contributed by atoms with Crippen LogP contribution >= 0.6 is 11.6 Å². The molecule has 21 heavy (non-hydrogen) atoms. The molecule has 116 valence electrons. The summed E-state index contributed by atoms with van der Waals surface area (Å²) in [5.74, 6) is 0. The maximum Gasteiger partial charge on any atom is 0.417 e. The largest absolute Gasteiger partial charge is 0.417 e. The SMILES string of the molecule is C[Si](C)(C)c1[nH]c2cc(C(F)(F)F)c(Cl)cc2c1CCO. The first-order valence-electron chi connectivity index (χ1n) is 6.58. The molecule has 0 amide bonds. The number of benzene rings is 1. The zero-order valence-electron chi connectivity index (χ0n) is 12.0. The molecule has 0 aliphatic rings. The number of rotatable bonds is 3. The highest BCUT2D eigenvalue weighted by Gasteiger charge is 2.34. The van der Waals surface area contributed by atoms with Crippen molar-refractivity contribution in [2.75, 3.05) is 6.61 Å². The fourth-order valence-electron chi connectivity index (χ4n) is 2.50. The Morgan fingerprint density at radius 3 is 2.33 bits per heavy atom. The van der Waals surface area contributed by atoms with Crippen LogP contribution in [0.1, 0.15) is 11.1 Å². The van der Waals surface area contributed by atoms with E-state index in [4.69, 9.17) is 11.6 Å². The fourth-order valence-corrected chi connectivity index (χ4v) is 4.45. The van der Waals surface area contributed by atoms with E-state index in [2.05, 4.69) is 24.6 Å². The van der Waals surface area contributed by atoms with E-state index in [1.807, 2.05) is 0 Å². The number of halogens is 4. The summed E-state index contributed by atoms with van der Waals surface area (Å²) in [7, 11) is -1.77. The van der Waals surface area contributed by atoms with Crippen molar-refractivity contribution in [1.29, 1.82) is 0 Å². The minimum absolute atomic E-state index is 0.0525. The van der Waals surface area contributed by atoms with Crippen LogP contribution in [0.2, 0.25) is 24.7 Å². The van der Waals surface area contributed by atoms with Crippen molar-refractivity contribution >= 4 is 35.9 Å². The van der Waals surface area contributed by atoms with Crippen molar-refractivity contribution in [2.24, 2.45) is 0 Å². The molecule has 1 aromatic heterocycles. The van der Waals surface area contributed by atoms with E-state index in [9.17, 15) is 18.3 Å². The van der Waals surface area contributed by atoms with Gasteiger partial charge >= 0.3 is 6.18 Å². The average molecular weight is 336 g/mol. The molecule has 2 N–H and O–H groups in total. The second-order valence-electron chi connectivity index (χ2n) is 6.08. The predicted octanol–water partition coefficient (Wildman–Crippen LogP) is 3.92. The van der Waals surface area contributed by atoms with Crippen LogP contribution in [-0.2, 0) is 12.6 Å². The van der Waals surface area contributed by atoms with Crippen molar-refractivity contribution in [3.05, 3.63) is 28.3 Å². The number of alkyl halides is 3. The third-order valence-corrected chi connectivity index (χ3v) is 5.65. The average Bonchev–Trinajstić information content (AvgIpc) is 2.66. The maximum atomic E-state index is 12.9. The lowest BCUT2D eigenvalue weighted by molar-refractivity contribution is -0.137. The Morgan fingerprint density at radius 1 is 1.24 bits per heavy atom. The molecule has 2 nitrogen and oxygen atoms in total. The summed E-state index contributed by atoms with van der Waals surface area (Å²) in [4.78, 5) is 3.12. The summed E-state index contributed by atoms with van der Waals surface area (Å²) in [6, 6.07) is 2.41. The Balaban J connectivity index is 2.76. The highest BCUT2D eigenvalue weighted by molar-refractivity contribution is 6.88. The molecular formula is C14H17ClF3NOSi. The van der Waals surface area contributed by atoms with Crippen molar-refractivity contribution in [2.45, 2.75) is 32.2 Å². The Bertz CT molecular complexity index is 673. The number of aromatic nitrogens is 1. The Labute approximate surface area is 126 Å². The Morgan fingerprint density at radius 2 is 1.86 bits per heavy atom. The molecule has 0 unspecified atom stereocenters. The van der Waals surface area contributed by atoms with Crippen molar-refractivity contribution in [3.63, 3.8) is 0 Å². The number of aliphatic hydroxyl groups is 1. The Kier molecular flexibility index (Phi) is 4.16. The van der Waals surface area contributed by atoms with Crippen LogP contribution in [0.5, 0.6) is 0 Å². The topological polar surface area (TPSA) is 36.0 Å². The van der Waals surface area contributed by atoms with Crippen LogP contribution in [0, 0.1) is 0 Å². The van der Waals surface area contributed by atoms with Gasteiger partial charge in [-0.05, 0) is 24.1 Å². The van der Waals surface area contributed by atoms with Crippen molar-refractivity contribution < 1.29 is 18.3 Å². The van der Waals surface area contributed by atoms with Gasteiger partial charge in [-0.15, -0.1) is 0 Å². The van der Waals surface area contributed by atoms with Crippen molar-refractivity contribution in [1.82, 2.24) is 4.98 Å². The highest BCUT2D eigenvalue weighted by atomic mass is 35.5. The number of aromatic amines is 1. The van der Waals surface area contributed by atoms with Crippen LogP contribution in [0.15, 0.2) is 12.1 Å². The molecule has 0 saturated heterocycles. The van der Waals surface area contributed by atoms with E-state index in [-0.39, 0.29) is 11.6 Å². The molecule has 2 aromatic rings. The normalized spacial score (nSPS) is 13.1. The summed E-state index contributed by atoms with van der Waals surface area (Å²) in [5, 5.41) is 10.5. The molecule has 0 saturated carbocycles. The molecule has 0 fully saturated rings. The molecule has 0 atom stereocenters. The van der Waals surface area contributed by atoms with Gasteiger partial charge in [0.05, 0.1) is 18.7 Å². The van der Waals surface area contributed by atoms with E-state index >= 15 is 0 Å². The van der Waals surface area contributed by atoms with Gasteiger partial charge in [0.15, 0.2) is 0 Å². The van der Waals surface area contributed by atoms with Gasteiger partial charge in [0.1, 0.15) is 0 Å². The predicted molar refractivity (Wildman–Crippen MR) is 82.1 cm³/mol. The second-order valence-corrected chi connectivity index (χ2v) is 11.5. The highest BCUT2D eigenvalue weighted by Crippen LogP contribution is 2.37. The van der Waals surface area contributed by atoms with E-state index < -0.39 is 19.8 Å². The third-order valence-electron chi connectivity index (χ3n) is 3.41. The summed E-state index contributed by atoms with van der Waals surface area (Å²) in [5.41, 5.74) is 0.463. The van der Waals surface area contributed by atoms with Crippen LogP contribution in [0.25, 0.3) is 10.9 Å². The zero-order valence-corrected chi connectivity index (χ0v) is 13.8. The monoisotopic (exact) mass is 335 g/mol. The van der Waals surface area contributed by atoms with E-state index in [1.165, 1.54) is 6.07 Å². The van der Waals surface area contributed by atoms with Crippen LogP contribution in [-0.4, -0.2) is 24.8 Å². The fraction of sp³-hybridized carbons (Fsp3) is 0.429. The molecule has 0 aliphatic carbocycles. The smallest absolute Gasteiger partial charge is 0.396 e. The van der Waals surface area contributed by atoms with Gasteiger partial charge in [-0.25, -0.2) is 0 Å². The molecule has 1 aromatic carbocycles. The number of hydrogen-bond acceptors (Lipinski definition) is 1. The lowest BCUT2D eigenvalue weighted by atomic mass is 10.1. The van der Waals surface area contributed by atoms with Gasteiger partial charge in [-0.1, -0.05) is 31.2 Å². The van der Waals surface area contributed by atoms with Gasteiger partial charge in [0.25, 0.3) is 0 Å². The van der Waals surface area contributed by atoms with Crippen LogP contribution < -0.4 is 5.32 Å². The molecule has 0 radical (unpaired) electrons. The van der Waals surface area contributed by atoms with Gasteiger partial charge in [-0.3, -0.25) is 0 Å². The molecule has 2 rings (SSSR count).